The van der Waals surface area contributed by atoms with Crippen molar-refractivity contribution in [1.29, 1.82) is 0 Å². The molecule has 0 unspecified atom stereocenters. The van der Waals surface area contributed by atoms with Gasteiger partial charge in [0.1, 0.15) is 11.7 Å². The first kappa shape index (κ1) is 16.1. The number of hydrogen-bond donors (Lipinski definition) is 1. The highest BCUT2D eigenvalue weighted by atomic mass is 15.5. The molecule has 1 aromatic heterocycles. The van der Waals surface area contributed by atoms with E-state index in [1.165, 1.54) is 25.7 Å². The molecule has 0 atom stereocenters. The van der Waals surface area contributed by atoms with Crippen molar-refractivity contribution in [3.8, 4) is 11.3 Å². The zero-order valence-electron chi connectivity index (χ0n) is 15.1. The molecule has 2 heterocycles. The summed E-state index contributed by atoms with van der Waals surface area (Å²) in [6.07, 6.45) is 7.76. The largest absolute Gasteiger partial charge is 0.279 e. The van der Waals surface area contributed by atoms with E-state index in [0.717, 1.165) is 46.4 Å². The third kappa shape index (κ3) is 3.26. The molecule has 1 N–H and O–H groups in total. The zero-order chi connectivity index (χ0) is 17.4. The Hall–Kier alpha value is -2.36. The summed E-state index contributed by atoms with van der Waals surface area (Å²) in [7, 11) is 0. The topological polar surface area (TPSA) is 42.2 Å². The molecule has 0 radical (unpaired) electrons. The van der Waals surface area contributed by atoms with Gasteiger partial charge in [-0.2, -0.15) is 0 Å². The number of benzene rings is 1. The number of imidazole rings is 1. The van der Waals surface area contributed by atoms with Crippen molar-refractivity contribution in [3.63, 3.8) is 0 Å². The van der Waals surface area contributed by atoms with Crippen LogP contribution in [0.3, 0.4) is 0 Å². The van der Waals surface area contributed by atoms with E-state index in [1.54, 1.807) is 0 Å². The molecule has 0 bridgehead atoms. The maximum absolute atomic E-state index is 4.97. The van der Waals surface area contributed by atoms with E-state index in [-0.39, 0.29) is 0 Å². The zero-order valence-corrected chi connectivity index (χ0v) is 15.1. The smallest absolute Gasteiger partial charge is 0.136 e. The van der Waals surface area contributed by atoms with Crippen LogP contribution in [0.15, 0.2) is 42.0 Å². The quantitative estimate of drug-likeness (QED) is 0.887. The van der Waals surface area contributed by atoms with Crippen LogP contribution in [0.5, 0.6) is 0 Å². The molecule has 25 heavy (non-hydrogen) atoms. The van der Waals surface area contributed by atoms with Crippen LogP contribution in [0.2, 0.25) is 0 Å². The standard InChI is InChI=1S/C21H26N4/c1-14(2)16-5-4-6-17(11-16)19-13-22-21-12-20(24-25(19)21)23-18-9-7-15(3)8-10-18/h4-6,11,13,15,18H,1,7-10,12H2,2-3H3,(H,23,24). The van der Waals surface area contributed by atoms with E-state index in [1.807, 2.05) is 13.1 Å². The second-order valence-corrected chi connectivity index (χ2v) is 7.53. The highest BCUT2D eigenvalue weighted by Crippen LogP contribution is 2.28. The van der Waals surface area contributed by atoms with Gasteiger partial charge in [0.2, 0.25) is 0 Å². The molecule has 0 spiro atoms. The molecule has 1 fully saturated rings. The summed E-state index contributed by atoms with van der Waals surface area (Å²) in [4.78, 5) is 9.57. The molecule has 1 aliphatic carbocycles. The predicted molar refractivity (Wildman–Crippen MR) is 104 cm³/mol. The Kier molecular flexibility index (Phi) is 4.20. The normalized spacial score (nSPS) is 24.2. The van der Waals surface area contributed by atoms with Crippen LogP contribution < -0.4 is 5.43 Å². The Balaban J connectivity index is 1.56. The molecule has 1 aromatic carbocycles. The van der Waals surface area contributed by atoms with Gasteiger partial charge in [-0.25, -0.2) is 9.66 Å². The summed E-state index contributed by atoms with van der Waals surface area (Å²) in [6.45, 7) is 8.43. The molecular formula is C21H26N4. The lowest BCUT2D eigenvalue weighted by atomic mass is 9.88. The number of nitrogens with one attached hydrogen (secondary N) is 1. The third-order valence-electron chi connectivity index (χ3n) is 5.38. The van der Waals surface area contributed by atoms with Crippen molar-refractivity contribution in [3.05, 3.63) is 48.4 Å². The molecular weight excluding hydrogens is 308 g/mol. The molecule has 0 saturated heterocycles. The number of aromatic nitrogens is 2. The van der Waals surface area contributed by atoms with Gasteiger partial charge in [-0.15, -0.1) is 0 Å². The Labute approximate surface area is 149 Å². The lowest BCUT2D eigenvalue weighted by molar-refractivity contribution is 0.349. The first-order valence-corrected chi connectivity index (χ1v) is 9.27. The van der Waals surface area contributed by atoms with Gasteiger partial charge in [-0.1, -0.05) is 37.3 Å². The summed E-state index contributed by atoms with van der Waals surface area (Å²) in [6, 6.07) is 8.94. The van der Waals surface area contributed by atoms with Crippen LogP contribution in [-0.2, 0) is 6.42 Å². The number of allylic oxidation sites excluding steroid dienone is 1. The van der Waals surface area contributed by atoms with Crippen LogP contribution in [0, 0.1) is 5.92 Å². The van der Waals surface area contributed by atoms with Crippen molar-refractivity contribution in [2.75, 3.05) is 5.43 Å². The highest BCUT2D eigenvalue weighted by Gasteiger charge is 2.24. The van der Waals surface area contributed by atoms with E-state index < -0.39 is 0 Å². The monoisotopic (exact) mass is 334 g/mol. The fraction of sp³-hybridized carbons (Fsp3) is 0.429. The van der Waals surface area contributed by atoms with Crippen LogP contribution in [-0.4, -0.2) is 21.5 Å². The average molecular weight is 334 g/mol. The van der Waals surface area contributed by atoms with Crippen LogP contribution >= 0.6 is 0 Å². The van der Waals surface area contributed by atoms with Crippen molar-refractivity contribution in [1.82, 2.24) is 9.66 Å². The molecule has 4 heteroatoms. The second kappa shape index (κ2) is 6.51. The SMILES string of the molecule is C=C(C)c1cccc(-c2cnc3n2NC(=NC2CCC(C)CC2)C3)c1. The number of hydrogen-bond acceptors (Lipinski definition) is 2. The average Bonchev–Trinajstić information content (AvgIpc) is 3.17. The van der Waals surface area contributed by atoms with Crippen LogP contribution in [0.25, 0.3) is 16.8 Å². The molecule has 4 rings (SSSR count). The van der Waals surface area contributed by atoms with Gasteiger partial charge in [0.15, 0.2) is 0 Å². The van der Waals surface area contributed by atoms with Gasteiger partial charge in [-0.3, -0.25) is 10.4 Å². The Morgan fingerprint density at radius 3 is 2.84 bits per heavy atom. The van der Waals surface area contributed by atoms with Crippen molar-refractivity contribution in [2.45, 2.75) is 52.0 Å². The number of fused-ring (bicyclic) bond motifs is 1. The molecule has 2 aliphatic rings. The van der Waals surface area contributed by atoms with Gasteiger partial charge in [0, 0.05) is 5.56 Å². The second-order valence-electron chi connectivity index (χ2n) is 7.53. The summed E-state index contributed by atoms with van der Waals surface area (Å²) >= 11 is 0. The van der Waals surface area contributed by atoms with Crippen LogP contribution in [0.1, 0.15) is 50.9 Å². The van der Waals surface area contributed by atoms with Gasteiger partial charge >= 0.3 is 0 Å². The minimum atomic E-state index is 0.471. The Bertz CT molecular complexity index is 822. The minimum absolute atomic E-state index is 0.471. The third-order valence-corrected chi connectivity index (χ3v) is 5.38. The number of amidine groups is 1. The fourth-order valence-electron chi connectivity index (χ4n) is 3.77. The Morgan fingerprint density at radius 1 is 1.28 bits per heavy atom. The fourth-order valence-corrected chi connectivity index (χ4v) is 3.77. The number of nitrogens with zero attached hydrogens (tertiary/aromatic N) is 3. The van der Waals surface area contributed by atoms with E-state index in [0.29, 0.717) is 6.04 Å². The molecule has 1 saturated carbocycles. The van der Waals surface area contributed by atoms with Gasteiger partial charge in [0.05, 0.1) is 24.4 Å². The highest BCUT2D eigenvalue weighted by molar-refractivity contribution is 5.94. The number of rotatable bonds is 3. The maximum atomic E-state index is 4.97. The lowest BCUT2D eigenvalue weighted by Crippen LogP contribution is -2.21. The first-order valence-electron chi connectivity index (χ1n) is 9.27. The van der Waals surface area contributed by atoms with E-state index in [4.69, 9.17) is 4.99 Å². The molecule has 130 valence electrons. The van der Waals surface area contributed by atoms with Gasteiger partial charge in [0.25, 0.3) is 0 Å². The van der Waals surface area contributed by atoms with Crippen molar-refractivity contribution >= 4 is 11.4 Å². The number of aliphatic imine (C=N–C) groups is 1. The van der Waals surface area contributed by atoms with E-state index >= 15 is 0 Å². The summed E-state index contributed by atoms with van der Waals surface area (Å²) in [5.41, 5.74) is 7.94. The molecule has 1 aliphatic heterocycles. The van der Waals surface area contributed by atoms with E-state index in [9.17, 15) is 0 Å². The predicted octanol–water partition coefficient (Wildman–Crippen LogP) is 4.66. The van der Waals surface area contributed by atoms with Crippen LogP contribution in [0.4, 0.5) is 0 Å². The van der Waals surface area contributed by atoms with E-state index in [2.05, 4.69) is 52.9 Å². The lowest BCUT2D eigenvalue weighted by Gasteiger charge is -2.23. The summed E-state index contributed by atoms with van der Waals surface area (Å²) in [5.74, 6) is 2.95. The maximum Gasteiger partial charge on any atom is 0.136 e. The molecule has 2 aromatic rings. The molecule has 0 amide bonds. The Morgan fingerprint density at radius 2 is 2.08 bits per heavy atom. The molecule has 4 nitrogen and oxygen atoms in total. The van der Waals surface area contributed by atoms with Gasteiger partial charge in [-0.05, 0) is 50.2 Å². The van der Waals surface area contributed by atoms with Gasteiger partial charge < -0.3 is 0 Å². The summed E-state index contributed by atoms with van der Waals surface area (Å²) in [5, 5.41) is 0. The first-order chi connectivity index (χ1) is 12.1. The van der Waals surface area contributed by atoms with Crippen molar-refractivity contribution < 1.29 is 0 Å². The van der Waals surface area contributed by atoms with Crippen molar-refractivity contribution in [2.24, 2.45) is 10.9 Å². The minimum Gasteiger partial charge on any atom is -0.279 e. The summed E-state index contributed by atoms with van der Waals surface area (Å²) < 4.78 is 2.09.